The van der Waals surface area contributed by atoms with Crippen molar-refractivity contribution < 1.29 is 12.9 Å². The van der Waals surface area contributed by atoms with E-state index in [0.717, 1.165) is 16.8 Å². The van der Waals surface area contributed by atoms with Gasteiger partial charge in [-0.2, -0.15) is 0 Å². The fourth-order valence-corrected chi connectivity index (χ4v) is 2.71. The van der Waals surface area contributed by atoms with Crippen LogP contribution in [0.2, 0.25) is 0 Å². The van der Waals surface area contributed by atoms with Crippen LogP contribution in [0.15, 0.2) is 64.1 Å². The average Bonchev–Trinajstić information content (AvgIpc) is 2.97. The normalized spacial score (nSPS) is 12.8. The number of allylic oxidation sites excluding steroid dienone is 5. The summed E-state index contributed by atoms with van der Waals surface area (Å²) in [4.78, 5) is 0.0760. The summed E-state index contributed by atoms with van der Waals surface area (Å²) in [6.45, 7) is 3.93. The van der Waals surface area contributed by atoms with Crippen LogP contribution in [-0.2, 0) is 16.4 Å². The third kappa shape index (κ3) is 4.31. The summed E-state index contributed by atoms with van der Waals surface area (Å²) in [7, 11) is -3.71. The molecule has 0 aliphatic rings. The third-order valence-electron chi connectivity index (χ3n) is 3.37. The minimum atomic E-state index is -3.71. The second-order valence-corrected chi connectivity index (χ2v) is 6.62. The molecule has 1 heterocycles. The number of primary sulfonamides is 1. The summed E-state index contributed by atoms with van der Waals surface area (Å²) in [5.74, 6) is 0.625. The maximum atomic E-state index is 11.4. The number of aromatic nitrogens is 1. The first kappa shape index (κ1) is 17.9. The van der Waals surface area contributed by atoms with Crippen molar-refractivity contribution in [1.29, 1.82) is 0 Å². The van der Waals surface area contributed by atoms with Crippen molar-refractivity contribution in [2.24, 2.45) is 5.14 Å². The summed E-state index contributed by atoms with van der Waals surface area (Å²) in [6.07, 6.45) is 12.1. The standard InChI is InChI=1S/C18H20N2O3S/c1-3-5-6-7-8-9-17-18(16(4-2)20-23-17)14-10-12-15(13-11-14)24(19,21)22/h3,5-13H,4H2,1-2H3,(H2,19,21,22)/b5-3-,7-6-,9-8+. The molecule has 0 unspecified atom stereocenters. The minimum absolute atomic E-state index is 0.0760. The molecule has 0 fully saturated rings. The Morgan fingerprint density at radius 1 is 1.12 bits per heavy atom. The van der Waals surface area contributed by atoms with E-state index in [1.165, 1.54) is 12.1 Å². The number of nitrogens with zero attached hydrogens (tertiary/aromatic N) is 1. The van der Waals surface area contributed by atoms with Crippen LogP contribution in [0.25, 0.3) is 17.2 Å². The topological polar surface area (TPSA) is 86.2 Å². The molecule has 0 amide bonds. The van der Waals surface area contributed by atoms with Crippen molar-refractivity contribution in [3.63, 3.8) is 0 Å². The Kier molecular flexibility index (Phi) is 5.89. The first-order valence-electron chi connectivity index (χ1n) is 7.55. The molecule has 6 heteroatoms. The molecule has 1 aromatic heterocycles. The lowest BCUT2D eigenvalue weighted by Crippen LogP contribution is -2.11. The summed E-state index contributed by atoms with van der Waals surface area (Å²) in [6, 6.07) is 6.38. The van der Waals surface area contributed by atoms with Crippen LogP contribution in [0.1, 0.15) is 25.3 Å². The SMILES string of the molecule is C\C=C/C=C\C=C\c1onc(CC)c1-c1ccc(S(N)(=O)=O)cc1. The number of rotatable bonds is 6. The third-order valence-corrected chi connectivity index (χ3v) is 4.30. The van der Waals surface area contributed by atoms with Crippen molar-refractivity contribution in [2.75, 3.05) is 0 Å². The molecule has 24 heavy (non-hydrogen) atoms. The van der Waals surface area contributed by atoms with E-state index in [9.17, 15) is 8.42 Å². The van der Waals surface area contributed by atoms with E-state index >= 15 is 0 Å². The molecule has 126 valence electrons. The largest absolute Gasteiger partial charge is 0.356 e. The lowest BCUT2D eigenvalue weighted by molar-refractivity contribution is 0.406. The van der Waals surface area contributed by atoms with Crippen LogP contribution >= 0.6 is 0 Å². The molecule has 0 saturated heterocycles. The van der Waals surface area contributed by atoms with Gasteiger partial charge in [0.2, 0.25) is 10.0 Å². The van der Waals surface area contributed by atoms with Crippen LogP contribution in [0, 0.1) is 0 Å². The molecule has 0 aliphatic heterocycles. The van der Waals surface area contributed by atoms with Gasteiger partial charge in [0, 0.05) is 0 Å². The number of nitrogens with two attached hydrogens (primary N) is 1. The molecule has 2 aromatic rings. The zero-order valence-corrected chi connectivity index (χ0v) is 14.5. The van der Waals surface area contributed by atoms with Crippen LogP contribution in [0.4, 0.5) is 0 Å². The predicted molar refractivity (Wildman–Crippen MR) is 95.7 cm³/mol. The molecule has 0 aliphatic carbocycles. The maximum absolute atomic E-state index is 11.4. The molecule has 2 rings (SSSR count). The Morgan fingerprint density at radius 2 is 1.79 bits per heavy atom. The van der Waals surface area contributed by atoms with Crippen LogP contribution in [-0.4, -0.2) is 13.6 Å². The first-order chi connectivity index (χ1) is 11.5. The smallest absolute Gasteiger partial charge is 0.238 e. The van der Waals surface area contributed by atoms with Gasteiger partial charge >= 0.3 is 0 Å². The Balaban J connectivity index is 2.40. The van der Waals surface area contributed by atoms with Gasteiger partial charge in [-0.25, -0.2) is 13.6 Å². The second kappa shape index (κ2) is 7.90. The van der Waals surface area contributed by atoms with Crippen LogP contribution in [0.5, 0.6) is 0 Å². The van der Waals surface area contributed by atoms with Gasteiger partial charge in [0.15, 0.2) is 5.76 Å². The Bertz CT molecular complexity index is 873. The van der Waals surface area contributed by atoms with E-state index in [2.05, 4.69) is 5.16 Å². The fraction of sp³-hybridized carbons (Fsp3) is 0.167. The predicted octanol–water partition coefficient (Wildman–Crippen LogP) is 3.70. The van der Waals surface area contributed by atoms with Gasteiger partial charge in [-0.3, -0.25) is 0 Å². The summed E-state index contributed by atoms with van der Waals surface area (Å²) < 4.78 is 28.2. The zero-order chi connectivity index (χ0) is 17.6. The number of sulfonamides is 1. The molecule has 0 spiro atoms. The second-order valence-electron chi connectivity index (χ2n) is 5.06. The highest BCUT2D eigenvalue weighted by Gasteiger charge is 2.16. The fourth-order valence-electron chi connectivity index (χ4n) is 2.20. The van der Waals surface area contributed by atoms with Crippen LogP contribution in [0.3, 0.4) is 0 Å². The van der Waals surface area contributed by atoms with Crippen molar-refractivity contribution in [3.8, 4) is 11.1 Å². The lowest BCUT2D eigenvalue weighted by atomic mass is 10.0. The van der Waals surface area contributed by atoms with E-state index < -0.39 is 10.0 Å². The summed E-state index contributed by atoms with van der Waals surface area (Å²) in [5.41, 5.74) is 2.50. The quantitative estimate of drug-likeness (QED) is 0.810. The van der Waals surface area contributed by atoms with Gasteiger partial charge in [0.25, 0.3) is 0 Å². The van der Waals surface area contributed by atoms with E-state index in [0.29, 0.717) is 12.2 Å². The van der Waals surface area contributed by atoms with Crippen molar-refractivity contribution in [2.45, 2.75) is 25.2 Å². The molecule has 0 bridgehead atoms. The highest BCUT2D eigenvalue weighted by molar-refractivity contribution is 7.89. The molecule has 5 nitrogen and oxygen atoms in total. The van der Waals surface area contributed by atoms with E-state index in [-0.39, 0.29) is 4.90 Å². The average molecular weight is 344 g/mol. The summed E-state index contributed by atoms with van der Waals surface area (Å²) >= 11 is 0. The van der Waals surface area contributed by atoms with E-state index in [1.54, 1.807) is 12.1 Å². The molecule has 2 N–H and O–H groups in total. The number of hydrogen-bond donors (Lipinski definition) is 1. The highest BCUT2D eigenvalue weighted by atomic mass is 32.2. The Labute approximate surface area is 142 Å². The molecular weight excluding hydrogens is 324 g/mol. The summed E-state index contributed by atoms with van der Waals surface area (Å²) in [5, 5.41) is 9.22. The van der Waals surface area contributed by atoms with Gasteiger partial charge in [-0.05, 0) is 37.1 Å². The van der Waals surface area contributed by atoms with Gasteiger partial charge in [0.05, 0.1) is 16.2 Å². The highest BCUT2D eigenvalue weighted by Crippen LogP contribution is 2.30. The minimum Gasteiger partial charge on any atom is -0.356 e. The molecule has 0 atom stereocenters. The first-order valence-corrected chi connectivity index (χ1v) is 9.09. The molecule has 0 radical (unpaired) electrons. The van der Waals surface area contributed by atoms with Gasteiger partial charge in [-0.1, -0.05) is 54.6 Å². The van der Waals surface area contributed by atoms with Gasteiger partial charge in [-0.15, -0.1) is 0 Å². The maximum Gasteiger partial charge on any atom is 0.238 e. The molecule has 0 saturated carbocycles. The number of aryl methyl sites for hydroxylation is 1. The van der Waals surface area contributed by atoms with Gasteiger partial charge in [0.1, 0.15) is 0 Å². The van der Waals surface area contributed by atoms with Crippen molar-refractivity contribution in [1.82, 2.24) is 5.16 Å². The number of benzene rings is 1. The van der Waals surface area contributed by atoms with Crippen molar-refractivity contribution >= 4 is 16.1 Å². The van der Waals surface area contributed by atoms with Gasteiger partial charge < -0.3 is 4.52 Å². The molecule has 1 aromatic carbocycles. The molecular formula is C18H20N2O3S. The van der Waals surface area contributed by atoms with Crippen LogP contribution < -0.4 is 5.14 Å². The van der Waals surface area contributed by atoms with Crippen molar-refractivity contribution in [3.05, 3.63) is 66.1 Å². The Morgan fingerprint density at radius 3 is 2.38 bits per heavy atom. The lowest BCUT2D eigenvalue weighted by Gasteiger charge is -2.03. The van der Waals surface area contributed by atoms with E-state index in [4.69, 9.17) is 9.66 Å². The van der Waals surface area contributed by atoms with E-state index in [1.807, 2.05) is 50.3 Å². The monoisotopic (exact) mass is 344 g/mol. The number of hydrogen-bond acceptors (Lipinski definition) is 4. The zero-order valence-electron chi connectivity index (χ0n) is 13.6. The Hall–Kier alpha value is -2.44.